The average molecular weight is 768 g/mol. The minimum absolute atomic E-state index is 0.00873. The lowest BCUT2D eigenvalue weighted by molar-refractivity contribution is -0.136. The molecule has 2 fully saturated rings. The number of nitrogens with zero attached hydrogens (tertiary/aromatic N) is 6. The molecule has 5 amide bonds. The van der Waals surface area contributed by atoms with Crippen LogP contribution in [-0.4, -0.2) is 91.4 Å². The number of carbonyl (C=O) groups excluding carboxylic acids is 5. The Bertz CT molecular complexity index is 2400. The molecule has 0 radical (unpaired) electrons. The molecule has 0 aliphatic carbocycles. The van der Waals surface area contributed by atoms with Crippen LogP contribution < -0.4 is 16.0 Å². The first-order valence-electron chi connectivity index (χ1n) is 18.6. The van der Waals surface area contributed by atoms with Crippen LogP contribution >= 0.6 is 0 Å². The number of amides is 5. The van der Waals surface area contributed by atoms with Crippen LogP contribution in [0.3, 0.4) is 0 Å². The zero-order valence-corrected chi connectivity index (χ0v) is 31.0. The van der Waals surface area contributed by atoms with Gasteiger partial charge in [0.15, 0.2) is 0 Å². The number of aryl methyl sites for hydroxylation is 1. The molecule has 0 saturated carbocycles. The van der Waals surface area contributed by atoms with Crippen molar-refractivity contribution in [2.24, 2.45) is 0 Å². The minimum Gasteiger partial charge on any atom is -0.324 e. The van der Waals surface area contributed by atoms with Gasteiger partial charge in [0.2, 0.25) is 17.8 Å². The van der Waals surface area contributed by atoms with Crippen LogP contribution in [0.15, 0.2) is 91.4 Å². The zero-order chi connectivity index (χ0) is 39.6. The van der Waals surface area contributed by atoms with Crippen LogP contribution in [0.5, 0.6) is 0 Å². The van der Waals surface area contributed by atoms with Crippen molar-refractivity contribution in [2.75, 3.05) is 36.8 Å². The van der Waals surface area contributed by atoms with Crippen LogP contribution in [0, 0.1) is 12.7 Å². The lowest BCUT2D eigenvalue weighted by atomic mass is 10.0. The van der Waals surface area contributed by atoms with Crippen molar-refractivity contribution in [1.82, 2.24) is 35.0 Å². The highest BCUT2D eigenvalue weighted by atomic mass is 19.1. The number of hydrogen-bond acceptors (Lipinski definition) is 11. The number of piperazine rings is 1. The van der Waals surface area contributed by atoms with Crippen LogP contribution in [0.4, 0.5) is 21.7 Å². The summed E-state index contributed by atoms with van der Waals surface area (Å²) >= 11 is 0. The third kappa shape index (κ3) is 8.01. The average Bonchev–Trinajstić information content (AvgIpc) is 3.44. The van der Waals surface area contributed by atoms with E-state index in [9.17, 15) is 24.0 Å². The Kier molecular flexibility index (Phi) is 10.3. The van der Waals surface area contributed by atoms with Crippen LogP contribution in [0.25, 0.3) is 11.3 Å². The number of hydrogen-bond donors (Lipinski definition) is 3. The Morgan fingerprint density at radius 3 is 2.33 bits per heavy atom. The summed E-state index contributed by atoms with van der Waals surface area (Å²) in [6, 6.07) is 20.1. The molecule has 3 aliphatic rings. The summed E-state index contributed by atoms with van der Waals surface area (Å²) in [5.41, 5.74) is 5.78. The summed E-state index contributed by atoms with van der Waals surface area (Å²) in [5.74, 6) is -2.98. The zero-order valence-electron chi connectivity index (χ0n) is 31.0. The molecule has 5 heterocycles. The van der Waals surface area contributed by atoms with Crippen LogP contribution in [0.1, 0.15) is 60.6 Å². The third-order valence-electron chi connectivity index (χ3n) is 10.4. The fraction of sp³-hybridized carbons (Fsp3) is 0.238. The molecule has 5 aromatic rings. The Morgan fingerprint density at radius 1 is 0.877 bits per heavy atom. The second kappa shape index (κ2) is 15.8. The van der Waals surface area contributed by atoms with E-state index in [1.165, 1.54) is 6.07 Å². The number of carbonyl (C=O) groups is 5. The highest BCUT2D eigenvalue weighted by molar-refractivity contribution is 6.23. The van der Waals surface area contributed by atoms with E-state index < -0.39 is 35.5 Å². The number of benzene rings is 3. The summed E-state index contributed by atoms with van der Waals surface area (Å²) in [6.45, 7) is 5.63. The first-order valence-corrected chi connectivity index (χ1v) is 18.6. The predicted octanol–water partition coefficient (Wildman–Crippen LogP) is 4.70. The normalized spacial score (nSPS) is 17.4. The van der Waals surface area contributed by atoms with Gasteiger partial charge in [-0.05, 0) is 79.1 Å². The smallest absolute Gasteiger partial charge is 0.262 e. The van der Waals surface area contributed by atoms with Gasteiger partial charge in [-0.3, -0.25) is 49.0 Å². The van der Waals surface area contributed by atoms with E-state index in [2.05, 4.69) is 40.7 Å². The van der Waals surface area contributed by atoms with Gasteiger partial charge in [-0.1, -0.05) is 18.2 Å². The van der Waals surface area contributed by atoms with Gasteiger partial charge >= 0.3 is 0 Å². The molecule has 3 aromatic carbocycles. The van der Waals surface area contributed by atoms with E-state index in [0.717, 1.165) is 52.1 Å². The van der Waals surface area contributed by atoms with Gasteiger partial charge in [0.25, 0.3) is 17.7 Å². The van der Waals surface area contributed by atoms with Crippen molar-refractivity contribution >= 4 is 46.9 Å². The topological polar surface area (TPSA) is 170 Å². The summed E-state index contributed by atoms with van der Waals surface area (Å²) < 4.78 is 15.3. The monoisotopic (exact) mass is 767 g/mol. The first-order chi connectivity index (χ1) is 27.6. The quantitative estimate of drug-likeness (QED) is 0.169. The molecule has 14 nitrogen and oxygen atoms in total. The summed E-state index contributed by atoms with van der Waals surface area (Å²) in [7, 11) is 0. The fourth-order valence-electron chi connectivity index (χ4n) is 7.27. The van der Waals surface area contributed by atoms with Crippen LogP contribution in [0.2, 0.25) is 0 Å². The predicted molar refractivity (Wildman–Crippen MR) is 208 cm³/mol. The molecule has 3 aliphatic heterocycles. The number of aromatic nitrogens is 3. The van der Waals surface area contributed by atoms with Crippen molar-refractivity contribution in [3.05, 3.63) is 131 Å². The highest BCUT2D eigenvalue weighted by Crippen LogP contribution is 2.31. The molecular weight excluding hydrogens is 730 g/mol. The highest BCUT2D eigenvalue weighted by Gasteiger charge is 2.45. The number of fused-ring (bicyclic) bond motifs is 1. The molecule has 15 heteroatoms. The van der Waals surface area contributed by atoms with E-state index in [1.807, 2.05) is 55.5 Å². The van der Waals surface area contributed by atoms with Crippen molar-refractivity contribution < 1.29 is 28.4 Å². The maximum Gasteiger partial charge on any atom is 0.262 e. The maximum atomic E-state index is 15.3. The molecule has 8 rings (SSSR count). The molecule has 1 atom stereocenters. The van der Waals surface area contributed by atoms with E-state index in [0.29, 0.717) is 42.4 Å². The number of halogens is 1. The summed E-state index contributed by atoms with van der Waals surface area (Å²) in [4.78, 5) is 81.8. The molecule has 1 unspecified atom stereocenters. The van der Waals surface area contributed by atoms with Crippen LogP contribution in [-0.2, 0) is 22.7 Å². The van der Waals surface area contributed by atoms with Crippen molar-refractivity contribution in [2.45, 2.75) is 38.9 Å². The van der Waals surface area contributed by atoms with E-state index in [4.69, 9.17) is 0 Å². The minimum atomic E-state index is -1.11. The number of rotatable bonds is 10. The lowest BCUT2D eigenvalue weighted by Gasteiger charge is -2.34. The van der Waals surface area contributed by atoms with Gasteiger partial charge in [-0.15, -0.1) is 0 Å². The second-order valence-corrected chi connectivity index (χ2v) is 14.3. The number of anilines is 3. The molecule has 57 heavy (non-hydrogen) atoms. The number of pyridine rings is 1. The number of piperidine rings is 1. The summed E-state index contributed by atoms with van der Waals surface area (Å²) in [5, 5.41) is 8.41. The van der Waals surface area contributed by atoms with Crippen molar-refractivity contribution in [1.29, 1.82) is 0 Å². The van der Waals surface area contributed by atoms with E-state index in [1.54, 1.807) is 30.7 Å². The molecule has 0 spiro atoms. The van der Waals surface area contributed by atoms with Gasteiger partial charge in [0, 0.05) is 92.3 Å². The Labute approximate surface area is 327 Å². The molecular formula is C42H38FN9O5. The second-order valence-electron chi connectivity index (χ2n) is 14.3. The Morgan fingerprint density at radius 2 is 1.61 bits per heavy atom. The Balaban J connectivity index is 0.834. The lowest BCUT2D eigenvalue weighted by Crippen LogP contribution is -2.54. The van der Waals surface area contributed by atoms with Gasteiger partial charge in [0.05, 0.1) is 16.8 Å². The number of imide groups is 2. The van der Waals surface area contributed by atoms with E-state index in [-0.39, 0.29) is 36.4 Å². The number of nitrogens with one attached hydrogen (secondary N) is 3. The van der Waals surface area contributed by atoms with Gasteiger partial charge < -0.3 is 10.6 Å². The van der Waals surface area contributed by atoms with Crippen molar-refractivity contribution in [3.63, 3.8) is 0 Å². The van der Waals surface area contributed by atoms with Crippen molar-refractivity contribution in [3.8, 4) is 11.3 Å². The molecule has 2 aromatic heterocycles. The first kappa shape index (κ1) is 37.2. The standard InChI is InChI=1S/C42H38FN9O5/c1-25-4-9-30(20-35(25)48-42-45-14-12-34(47-42)28-3-2-13-44-22-28)46-38(54)27-7-5-26(6-8-27)23-50-15-17-51(18-16-50)24-29-19-31-32(21-33(29)43)41(57)52(40(31)56)36-10-11-37(53)49-39(36)55/h2-9,12-14,19-22,36H,10-11,15-18,23-24H2,1H3,(H,46,54)(H,45,47,48)(H,49,53,55). The molecule has 2 saturated heterocycles. The molecule has 288 valence electrons. The Hall–Kier alpha value is -6.71. The van der Waals surface area contributed by atoms with Gasteiger partial charge in [0.1, 0.15) is 11.9 Å². The molecule has 0 bridgehead atoms. The van der Waals surface area contributed by atoms with E-state index >= 15 is 4.39 Å². The SMILES string of the molecule is Cc1ccc(NC(=O)c2ccc(CN3CCN(Cc4cc5c(cc4F)C(=O)N(C4CCC(=O)NC4=O)C5=O)CC3)cc2)cc1Nc1nccc(-c2cccnc2)n1. The van der Waals surface area contributed by atoms with Gasteiger partial charge in [-0.2, -0.15) is 0 Å². The fourth-order valence-corrected chi connectivity index (χ4v) is 7.27. The largest absolute Gasteiger partial charge is 0.324 e. The summed E-state index contributed by atoms with van der Waals surface area (Å²) in [6.07, 6.45) is 5.17. The third-order valence-corrected chi connectivity index (χ3v) is 10.4. The molecule has 3 N–H and O–H groups in total. The maximum absolute atomic E-state index is 15.3. The van der Waals surface area contributed by atoms with Gasteiger partial charge in [-0.25, -0.2) is 14.4 Å².